The lowest BCUT2D eigenvalue weighted by molar-refractivity contribution is -0.307. The highest BCUT2D eigenvalue weighted by atomic mass is 32.2. The SMILES string of the molecule is CC(=O)c1ccc(OS(=O)(=O)C(F)(F)F)c(OCC(=O)[O-])c1. The molecule has 0 aliphatic carbocycles. The monoisotopic (exact) mass is 341 g/mol. The molecule has 7 nitrogen and oxygen atoms in total. The molecule has 0 fully saturated rings. The van der Waals surface area contributed by atoms with Gasteiger partial charge in [0.15, 0.2) is 17.3 Å². The van der Waals surface area contributed by atoms with Crippen LogP contribution < -0.4 is 14.0 Å². The highest BCUT2D eigenvalue weighted by molar-refractivity contribution is 7.88. The number of hydrogen-bond donors (Lipinski definition) is 0. The average molecular weight is 341 g/mol. The van der Waals surface area contributed by atoms with Gasteiger partial charge in [0.05, 0.1) is 5.97 Å². The number of rotatable bonds is 6. The van der Waals surface area contributed by atoms with Gasteiger partial charge in [-0.05, 0) is 25.1 Å². The Morgan fingerprint density at radius 3 is 2.27 bits per heavy atom. The molecule has 1 aromatic carbocycles. The minimum absolute atomic E-state index is 0.0508. The van der Waals surface area contributed by atoms with Crippen molar-refractivity contribution in [2.24, 2.45) is 0 Å². The molecule has 0 saturated carbocycles. The van der Waals surface area contributed by atoms with Crippen LogP contribution in [0.15, 0.2) is 18.2 Å². The standard InChI is InChI=1S/C11H9F3O7S/c1-6(15)7-2-3-8(9(4-7)20-5-10(16)17)21-22(18,19)11(12,13)14/h2-4H,5H2,1H3,(H,16,17)/p-1. The van der Waals surface area contributed by atoms with Crippen LogP contribution in [0.5, 0.6) is 11.5 Å². The first-order chi connectivity index (χ1) is 9.94. The van der Waals surface area contributed by atoms with Crippen LogP contribution in [-0.2, 0) is 14.9 Å². The van der Waals surface area contributed by atoms with E-state index in [-0.39, 0.29) is 5.56 Å². The maximum absolute atomic E-state index is 12.3. The molecule has 11 heteroatoms. The highest BCUT2D eigenvalue weighted by Crippen LogP contribution is 2.33. The Balaban J connectivity index is 3.23. The summed E-state index contributed by atoms with van der Waals surface area (Å²) in [7, 11) is -5.97. The number of alkyl halides is 3. The van der Waals surface area contributed by atoms with E-state index in [4.69, 9.17) is 0 Å². The second-order valence-electron chi connectivity index (χ2n) is 3.86. The molecule has 22 heavy (non-hydrogen) atoms. The van der Waals surface area contributed by atoms with E-state index in [0.717, 1.165) is 25.1 Å². The molecule has 0 spiro atoms. The number of Topliss-reactive ketones (excluding diaryl/α,β-unsaturated/α-hetero) is 1. The molecule has 1 aromatic rings. The van der Waals surface area contributed by atoms with Crippen LogP contribution in [0.2, 0.25) is 0 Å². The quantitative estimate of drug-likeness (QED) is 0.414. The van der Waals surface area contributed by atoms with Crippen molar-refractivity contribution in [1.29, 1.82) is 0 Å². The van der Waals surface area contributed by atoms with Crippen molar-refractivity contribution in [3.63, 3.8) is 0 Å². The minimum atomic E-state index is -5.97. The number of halogens is 3. The van der Waals surface area contributed by atoms with Crippen molar-refractivity contribution < 1.29 is 45.2 Å². The number of aliphatic carboxylic acids is 1. The molecule has 0 aromatic heterocycles. The molecular weight excluding hydrogens is 333 g/mol. The molecule has 0 aliphatic heterocycles. The van der Waals surface area contributed by atoms with E-state index in [9.17, 15) is 36.3 Å². The minimum Gasteiger partial charge on any atom is -0.546 e. The van der Waals surface area contributed by atoms with E-state index in [2.05, 4.69) is 8.92 Å². The summed E-state index contributed by atoms with van der Waals surface area (Å²) in [5.41, 5.74) is -5.73. The fraction of sp³-hybridized carbons (Fsp3) is 0.273. The molecule has 0 atom stereocenters. The van der Waals surface area contributed by atoms with Gasteiger partial charge in [-0.2, -0.15) is 21.6 Å². The van der Waals surface area contributed by atoms with Gasteiger partial charge < -0.3 is 18.8 Å². The number of hydrogen-bond acceptors (Lipinski definition) is 7. The molecule has 0 aliphatic rings. The highest BCUT2D eigenvalue weighted by Gasteiger charge is 2.49. The second kappa shape index (κ2) is 6.22. The van der Waals surface area contributed by atoms with Crippen molar-refractivity contribution in [2.75, 3.05) is 6.61 Å². The lowest BCUT2D eigenvalue weighted by Gasteiger charge is -2.14. The topological polar surface area (TPSA) is 110 Å². The van der Waals surface area contributed by atoms with Crippen molar-refractivity contribution >= 4 is 21.9 Å². The number of ketones is 1. The Labute approximate surface area is 122 Å². The van der Waals surface area contributed by atoms with Crippen molar-refractivity contribution in [1.82, 2.24) is 0 Å². The Morgan fingerprint density at radius 2 is 1.82 bits per heavy atom. The molecule has 0 unspecified atom stereocenters. The average Bonchev–Trinajstić information content (AvgIpc) is 2.35. The van der Waals surface area contributed by atoms with Gasteiger partial charge in [-0.3, -0.25) is 4.79 Å². The molecule has 1 rings (SSSR count). The summed E-state index contributed by atoms with van der Waals surface area (Å²) in [4.78, 5) is 21.5. The zero-order valence-corrected chi connectivity index (χ0v) is 11.7. The molecule has 0 bridgehead atoms. The summed E-state index contributed by atoms with van der Waals surface area (Å²) >= 11 is 0. The Morgan fingerprint density at radius 1 is 1.23 bits per heavy atom. The third-order valence-electron chi connectivity index (χ3n) is 2.18. The number of carbonyl (C=O) groups is 2. The molecule has 0 amide bonds. The summed E-state index contributed by atoms with van der Waals surface area (Å²) in [6.45, 7) is 0.0502. The van der Waals surface area contributed by atoms with Gasteiger partial charge in [-0.1, -0.05) is 0 Å². The molecular formula is C11H8F3O7S-. The van der Waals surface area contributed by atoms with Gasteiger partial charge in [0.1, 0.15) is 6.61 Å². The largest absolute Gasteiger partial charge is 0.546 e. The van der Waals surface area contributed by atoms with Crippen LogP contribution in [0.4, 0.5) is 13.2 Å². The third-order valence-corrected chi connectivity index (χ3v) is 3.14. The number of carboxylic acid groups (broad SMARTS) is 1. The van der Waals surface area contributed by atoms with Gasteiger partial charge in [0, 0.05) is 5.56 Å². The first-order valence-electron chi connectivity index (χ1n) is 5.42. The smallest absolute Gasteiger partial charge is 0.534 e. The first kappa shape index (κ1) is 17.8. The Hall–Kier alpha value is -2.30. The third kappa shape index (κ3) is 4.35. The lowest BCUT2D eigenvalue weighted by atomic mass is 10.1. The Kier molecular flexibility index (Phi) is 5.02. The molecule has 0 radical (unpaired) electrons. The van der Waals surface area contributed by atoms with Crippen molar-refractivity contribution in [2.45, 2.75) is 12.4 Å². The van der Waals surface area contributed by atoms with Crippen molar-refractivity contribution in [3.05, 3.63) is 23.8 Å². The number of ether oxygens (including phenoxy) is 1. The van der Waals surface area contributed by atoms with Crippen LogP contribution in [0.1, 0.15) is 17.3 Å². The second-order valence-corrected chi connectivity index (χ2v) is 5.40. The summed E-state index contributed by atoms with van der Waals surface area (Å²) < 4.78 is 67.1. The first-order valence-corrected chi connectivity index (χ1v) is 6.83. The summed E-state index contributed by atoms with van der Waals surface area (Å²) in [5.74, 6) is -3.80. The van der Waals surface area contributed by atoms with Crippen LogP contribution in [0.3, 0.4) is 0 Å². The predicted molar refractivity (Wildman–Crippen MR) is 62.6 cm³/mol. The molecule has 0 saturated heterocycles. The van der Waals surface area contributed by atoms with Crippen LogP contribution in [-0.4, -0.2) is 32.3 Å². The van der Waals surface area contributed by atoms with Gasteiger partial charge in [-0.15, -0.1) is 0 Å². The number of carboxylic acids is 1. The van der Waals surface area contributed by atoms with Crippen molar-refractivity contribution in [3.8, 4) is 11.5 Å². The van der Waals surface area contributed by atoms with E-state index in [0.29, 0.717) is 0 Å². The molecule has 0 heterocycles. The molecule has 122 valence electrons. The maximum Gasteiger partial charge on any atom is 0.534 e. The van der Waals surface area contributed by atoms with Crippen LogP contribution in [0, 0.1) is 0 Å². The van der Waals surface area contributed by atoms with Crippen LogP contribution in [0.25, 0.3) is 0 Å². The summed E-state index contributed by atoms with van der Waals surface area (Å²) in [6, 6.07) is 2.59. The predicted octanol–water partition coefficient (Wildman–Crippen LogP) is 0.246. The summed E-state index contributed by atoms with van der Waals surface area (Å²) in [5, 5.41) is 10.3. The van der Waals surface area contributed by atoms with Crippen LogP contribution >= 0.6 is 0 Å². The van der Waals surface area contributed by atoms with Gasteiger partial charge >= 0.3 is 15.6 Å². The number of benzene rings is 1. The lowest BCUT2D eigenvalue weighted by Crippen LogP contribution is -2.30. The fourth-order valence-electron chi connectivity index (χ4n) is 1.21. The number of carbonyl (C=O) groups excluding carboxylic acids is 2. The van der Waals surface area contributed by atoms with E-state index >= 15 is 0 Å². The van der Waals surface area contributed by atoms with Gasteiger partial charge in [0.2, 0.25) is 0 Å². The van der Waals surface area contributed by atoms with Gasteiger partial charge in [0.25, 0.3) is 0 Å². The van der Waals surface area contributed by atoms with E-state index < -0.39 is 45.5 Å². The molecule has 0 N–H and O–H groups in total. The zero-order valence-electron chi connectivity index (χ0n) is 10.8. The maximum atomic E-state index is 12.3. The Bertz CT molecular complexity index is 694. The normalized spacial score (nSPS) is 11.8. The zero-order chi connectivity index (χ0) is 17.1. The van der Waals surface area contributed by atoms with E-state index in [1.807, 2.05) is 0 Å². The fourth-order valence-corrected chi connectivity index (χ4v) is 1.68. The summed E-state index contributed by atoms with van der Waals surface area (Å²) in [6.07, 6.45) is 0. The van der Waals surface area contributed by atoms with Gasteiger partial charge in [-0.25, -0.2) is 0 Å². The van der Waals surface area contributed by atoms with E-state index in [1.165, 1.54) is 0 Å². The van der Waals surface area contributed by atoms with E-state index in [1.54, 1.807) is 0 Å².